The van der Waals surface area contributed by atoms with E-state index in [1.54, 1.807) is 6.92 Å². The summed E-state index contributed by atoms with van der Waals surface area (Å²) in [5.74, 6) is -0.673. The summed E-state index contributed by atoms with van der Waals surface area (Å²) in [4.78, 5) is 16.4. The lowest BCUT2D eigenvalue weighted by Gasteiger charge is -2.24. The summed E-state index contributed by atoms with van der Waals surface area (Å²) in [7, 11) is 1.17. The van der Waals surface area contributed by atoms with Gasteiger partial charge in [-0.05, 0) is 12.5 Å². The molecule has 1 heterocycles. The van der Waals surface area contributed by atoms with Crippen molar-refractivity contribution in [2.75, 3.05) is 30.8 Å². The Labute approximate surface area is 114 Å². The minimum atomic E-state index is -4.36. The Morgan fingerprint density at radius 2 is 2.15 bits per heavy atom. The lowest BCUT2D eigenvalue weighted by Crippen LogP contribution is -2.35. The third kappa shape index (κ3) is 4.29. The second kappa shape index (κ2) is 6.44. The minimum absolute atomic E-state index is 0.000720. The molecule has 0 amide bonds. The van der Waals surface area contributed by atoms with Crippen molar-refractivity contribution >= 4 is 17.5 Å². The fourth-order valence-electron chi connectivity index (χ4n) is 1.68. The molecule has 0 radical (unpaired) electrons. The zero-order valence-corrected chi connectivity index (χ0v) is 11.2. The molecule has 112 valence electrons. The third-order valence-corrected chi connectivity index (χ3v) is 2.51. The highest BCUT2D eigenvalue weighted by atomic mass is 19.4. The predicted octanol–water partition coefficient (Wildman–Crippen LogP) is 2.23. The smallest absolute Gasteiger partial charge is 0.405 e. The first-order valence-electron chi connectivity index (χ1n) is 5.94. The molecule has 0 aliphatic heterocycles. The topological polar surface area (TPSA) is 68.5 Å². The van der Waals surface area contributed by atoms with Crippen molar-refractivity contribution in [3.8, 4) is 0 Å². The molecule has 0 atom stereocenters. The quantitative estimate of drug-likeness (QED) is 0.842. The van der Waals surface area contributed by atoms with Crippen LogP contribution >= 0.6 is 0 Å². The second-order valence-corrected chi connectivity index (χ2v) is 4.16. The van der Waals surface area contributed by atoms with Gasteiger partial charge in [0.2, 0.25) is 0 Å². The van der Waals surface area contributed by atoms with Crippen molar-refractivity contribution in [3.63, 3.8) is 0 Å². The van der Waals surface area contributed by atoms with Crippen LogP contribution in [0.3, 0.4) is 0 Å². The summed E-state index contributed by atoms with van der Waals surface area (Å²) in [6, 6.07) is 1.21. The molecular weight excluding hydrogens is 275 g/mol. The molecule has 0 aromatic carbocycles. The molecule has 1 aromatic rings. The summed E-state index contributed by atoms with van der Waals surface area (Å²) in [5, 5.41) is 0. The zero-order valence-electron chi connectivity index (χ0n) is 11.2. The number of halogens is 3. The average molecular weight is 291 g/mol. The molecule has 0 aliphatic rings. The molecule has 0 aliphatic carbocycles. The molecule has 20 heavy (non-hydrogen) atoms. The number of nitrogen functional groups attached to an aromatic ring is 1. The largest absolute Gasteiger partial charge is 0.465 e. The van der Waals surface area contributed by atoms with Crippen LogP contribution in [0.15, 0.2) is 12.3 Å². The number of carbonyl (C=O) groups excluding carboxylic acids is 1. The van der Waals surface area contributed by atoms with Crippen LogP contribution in [0.5, 0.6) is 0 Å². The maximum Gasteiger partial charge on any atom is 0.405 e. The van der Waals surface area contributed by atoms with Gasteiger partial charge >= 0.3 is 12.1 Å². The number of anilines is 2. The SMILES string of the molecule is CCCN(CC(F)(F)F)c1cc(C(=O)OC)c(N)cn1. The van der Waals surface area contributed by atoms with Gasteiger partial charge in [-0.15, -0.1) is 0 Å². The van der Waals surface area contributed by atoms with Crippen molar-refractivity contribution in [2.24, 2.45) is 0 Å². The van der Waals surface area contributed by atoms with Gasteiger partial charge in [0.1, 0.15) is 12.4 Å². The van der Waals surface area contributed by atoms with E-state index in [0.717, 1.165) is 11.1 Å². The maximum atomic E-state index is 12.5. The normalized spacial score (nSPS) is 11.2. The molecule has 0 spiro atoms. The molecule has 2 N–H and O–H groups in total. The van der Waals surface area contributed by atoms with Crippen LogP contribution in [0.1, 0.15) is 23.7 Å². The lowest BCUT2D eigenvalue weighted by molar-refractivity contribution is -0.119. The summed E-state index contributed by atoms with van der Waals surface area (Å²) < 4.78 is 42.1. The molecule has 8 heteroatoms. The van der Waals surface area contributed by atoms with Gasteiger partial charge in [0.05, 0.1) is 24.6 Å². The van der Waals surface area contributed by atoms with E-state index in [4.69, 9.17) is 5.73 Å². The first-order chi connectivity index (χ1) is 9.28. The Balaban J connectivity index is 3.11. The molecule has 0 unspecified atom stereocenters. The number of hydrogen-bond donors (Lipinski definition) is 1. The van der Waals surface area contributed by atoms with E-state index < -0.39 is 18.7 Å². The third-order valence-electron chi connectivity index (χ3n) is 2.51. The van der Waals surface area contributed by atoms with Gasteiger partial charge < -0.3 is 15.4 Å². The van der Waals surface area contributed by atoms with Crippen LogP contribution in [0.25, 0.3) is 0 Å². The van der Waals surface area contributed by atoms with Gasteiger partial charge in [-0.25, -0.2) is 9.78 Å². The van der Waals surface area contributed by atoms with Crippen molar-refractivity contribution in [3.05, 3.63) is 17.8 Å². The van der Waals surface area contributed by atoms with Crippen molar-refractivity contribution in [1.82, 2.24) is 4.98 Å². The number of rotatable bonds is 5. The molecule has 0 saturated carbocycles. The second-order valence-electron chi connectivity index (χ2n) is 4.16. The standard InChI is InChI=1S/C12H16F3N3O2/c1-3-4-18(7-12(13,14)15)10-5-8(11(19)20-2)9(16)6-17-10/h5-6H,3-4,7,16H2,1-2H3. The van der Waals surface area contributed by atoms with Gasteiger partial charge in [-0.3, -0.25) is 0 Å². The molecule has 0 fully saturated rings. The molecule has 0 saturated heterocycles. The van der Waals surface area contributed by atoms with Crippen molar-refractivity contribution < 1.29 is 22.7 Å². The Bertz CT molecular complexity index is 478. The van der Waals surface area contributed by atoms with E-state index in [1.165, 1.54) is 13.2 Å². The van der Waals surface area contributed by atoms with Crippen molar-refractivity contribution in [2.45, 2.75) is 19.5 Å². The number of aromatic nitrogens is 1. The van der Waals surface area contributed by atoms with Crippen LogP contribution in [-0.2, 0) is 4.74 Å². The van der Waals surface area contributed by atoms with E-state index in [1.807, 2.05) is 0 Å². The van der Waals surface area contributed by atoms with Gasteiger partial charge in [0, 0.05) is 6.54 Å². The van der Waals surface area contributed by atoms with Gasteiger partial charge in [-0.1, -0.05) is 6.92 Å². The lowest BCUT2D eigenvalue weighted by atomic mass is 10.2. The van der Waals surface area contributed by atoms with Gasteiger partial charge in [0.15, 0.2) is 0 Å². The summed E-state index contributed by atoms with van der Waals surface area (Å²) >= 11 is 0. The molecule has 1 aromatic heterocycles. The minimum Gasteiger partial charge on any atom is -0.465 e. The van der Waals surface area contributed by atoms with E-state index in [2.05, 4.69) is 9.72 Å². The highest BCUT2D eigenvalue weighted by Gasteiger charge is 2.31. The van der Waals surface area contributed by atoms with E-state index in [9.17, 15) is 18.0 Å². The highest BCUT2D eigenvalue weighted by Crippen LogP contribution is 2.23. The molecular formula is C12H16F3N3O2. The molecule has 1 rings (SSSR count). The van der Waals surface area contributed by atoms with Gasteiger partial charge in [0.25, 0.3) is 0 Å². The van der Waals surface area contributed by atoms with Crippen LogP contribution in [-0.4, -0.2) is 37.3 Å². The van der Waals surface area contributed by atoms with Crippen LogP contribution in [0.2, 0.25) is 0 Å². The predicted molar refractivity (Wildman–Crippen MR) is 68.5 cm³/mol. The number of methoxy groups -OCH3 is 1. The van der Waals surface area contributed by atoms with E-state index in [0.29, 0.717) is 6.42 Å². The maximum absolute atomic E-state index is 12.5. The number of carbonyl (C=O) groups is 1. The number of ether oxygens (including phenoxy) is 1. The molecule has 0 bridgehead atoms. The monoisotopic (exact) mass is 291 g/mol. The first-order valence-corrected chi connectivity index (χ1v) is 5.94. The Kier molecular flexibility index (Phi) is 5.18. The van der Waals surface area contributed by atoms with Crippen molar-refractivity contribution in [1.29, 1.82) is 0 Å². The van der Waals surface area contributed by atoms with Crippen LogP contribution in [0.4, 0.5) is 24.7 Å². The highest BCUT2D eigenvalue weighted by molar-refractivity contribution is 5.95. The van der Waals surface area contributed by atoms with Crippen LogP contribution < -0.4 is 10.6 Å². The number of pyridine rings is 1. The Morgan fingerprint density at radius 3 is 2.65 bits per heavy atom. The van der Waals surface area contributed by atoms with E-state index in [-0.39, 0.29) is 23.6 Å². The average Bonchev–Trinajstić information content (AvgIpc) is 2.36. The Hall–Kier alpha value is -1.99. The first kappa shape index (κ1) is 16.1. The number of hydrogen-bond acceptors (Lipinski definition) is 5. The Morgan fingerprint density at radius 1 is 1.50 bits per heavy atom. The fraction of sp³-hybridized carbons (Fsp3) is 0.500. The number of esters is 1. The van der Waals surface area contributed by atoms with Crippen LogP contribution in [0, 0.1) is 0 Å². The molecule has 5 nitrogen and oxygen atoms in total. The fourth-order valence-corrected chi connectivity index (χ4v) is 1.68. The summed E-state index contributed by atoms with van der Waals surface area (Å²) in [5.41, 5.74) is 5.62. The summed E-state index contributed by atoms with van der Waals surface area (Å²) in [6.45, 7) is 0.775. The van der Waals surface area contributed by atoms with Gasteiger partial charge in [-0.2, -0.15) is 13.2 Å². The number of nitrogens with two attached hydrogens (primary N) is 1. The number of alkyl halides is 3. The number of nitrogens with zero attached hydrogens (tertiary/aromatic N) is 2. The zero-order chi connectivity index (χ0) is 15.3. The van der Waals surface area contributed by atoms with E-state index >= 15 is 0 Å². The summed E-state index contributed by atoms with van der Waals surface area (Å²) in [6.07, 6.45) is -2.69.